The molecule has 4 aliphatic heterocycles. The molecule has 0 bridgehead atoms. The summed E-state index contributed by atoms with van der Waals surface area (Å²) in [5.74, 6) is -0.998. The Balaban J connectivity index is 1.84. The third kappa shape index (κ3) is 1.51. The van der Waals surface area contributed by atoms with Crippen LogP contribution < -0.4 is 0 Å². The highest BCUT2D eigenvalue weighted by atomic mass is 16.8. The van der Waals surface area contributed by atoms with Crippen molar-refractivity contribution in [2.24, 2.45) is 5.41 Å². The van der Waals surface area contributed by atoms with Gasteiger partial charge >= 0.3 is 11.9 Å². The van der Waals surface area contributed by atoms with Gasteiger partial charge in [-0.05, 0) is 26.2 Å². The van der Waals surface area contributed by atoms with Crippen molar-refractivity contribution in [3.8, 4) is 0 Å². The molecule has 0 amide bonds. The second kappa shape index (κ2) is 4.78. The summed E-state index contributed by atoms with van der Waals surface area (Å²) in [7, 11) is 0. The topological polar surface area (TPSA) is 74.3 Å². The zero-order valence-corrected chi connectivity index (χ0v) is 13.2. The first-order valence-corrected chi connectivity index (χ1v) is 8.12. The van der Waals surface area contributed by atoms with Gasteiger partial charge < -0.3 is 14.2 Å². The summed E-state index contributed by atoms with van der Waals surface area (Å²) in [6, 6.07) is 0. The lowest BCUT2D eigenvalue weighted by atomic mass is 9.59. The number of rotatable bonds is 5. The van der Waals surface area contributed by atoms with Gasteiger partial charge in [0.1, 0.15) is 5.41 Å². The molecule has 126 valence electrons. The van der Waals surface area contributed by atoms with Crippen LogP contribution in [-0.2, 0) is 28.6 Å². The van der Waals surface area contributed by atoms with Crippen LogP contribution in [-0.4, -0.2) is 54.2 Å². The van der Waals surface area contributed by atoms with Gasteiger partial charge in [0.2, 0.25) is 11.9 Å². The van der Waals surface area contributed by atoms with Crippen LogP contribution in [0.4, 0.5) is 0 Å². The summed E-state index contributed by atoms with van der Waals surface area (Å²) in [5, 5.41) is 1.86. The number of carbonyl (C=O) groups is 2. The normalized spacial score (nSPS) is 44.0. The summed E-state index contributed by atoms with van der Waals surface area (Å²) in [4.78, 5) is 31.0. The highest BCUT2D eigenvalue weighted by Crippen LogP contribution is 2.69. The number of carbonyl (C=O) groups excluding carboxylic acids is 2. The monoisotopic (exact) mass is 323 g/mol. The lowest BCUT2D eigenvalue weighted by Gasteiger charge is -2.39. The standard InChI is InChI=1S/C16H21NO6/c1-3-6-15-13-21-10-14(15)7-5-8-17(14)23-16(15,12(19)22-13)9-11(18)20-4-2/h3,13H,1,4-10H2,2H3/t13-,14-,15+,16+/m0/s1. The smallest absolute Gasteiger partial charge is 0.344 e. The number of esters is 2. The highest BCUT2D eigenvalue weighted by molar-refractivity contribution is 5.90. The fourth-order valence-electron chi connectivity index (χ4n) is 5.02. The molecule has 4 heterocycles. The van der Waals surface area contributed by atoms with Gasteiger partial charge in [-0.25, -0.2) is 4.79 Å². The van der Waals surface area contributed by atoms with Crippen LogP contribution in [0, 0.1) is 5.41 Å². The number of allylic oxidation sites excluding steroid dienone is 1. The Kier molecular flexibility index (Phi) is 3.14. The van der Waals surface area contributed by atoms with Crippen LogP contribution in [0.1, 0.15) is 32.6 Å². The molecule has 0 N–H and O–H groups in total. The second-order valence-corrected chi connectivity index (χ2v) is 6.65. The van der Waals surface area contributed by atoms with Crippen LogP contribution in [0.2, 0.25) is 0 Å². The number of hydrogen-bond acceptors (Lipinski definition) is 7. The molecule has 0 aromatic rings. The van der Waals surface area contributed by atoms with Crippen molar-refractivity contribution in [3.05, 3.63) is 12.7 Å². The van der Waals surface area contributed by atoms with Gasteiger partial charge in [0.05, 0.1) is 25.2 Å². The molecule has 0 saturated carbocycles. The Morgan fingerprint density at radius 1 is 1.57 bits per heavy atom. The third-order valence-electron chi connectivity index (χ3n) is 5.83. The predicted octanol–water partition coefficient (Wildman–Crippen LogP) is 0.934. The summed E-state index contributed by atoms with van der Waals surface area (Å²) >= 11 is 0. The van der Waals surface area contributed by atoms with Crippen LogP contribution >= 0.6 is 0 Å². The first-order valence-electron chi connectivity index (χ1n) is 8.12. The van der Waals surface area contributed by atoms with E-state index >= 15 is 0 Å². The molecule has 4 fully saturated rings. The van der Waals surface area contributed by atoms with Gasteiger partial charge in [-0.3, -0.25) is 9.63 Å². The van der Waals surface area contributed by atoms with Crippen molar-refractivity contribution < 1.29 is 28.6 Å². The predicted molar refractivity (Wildman–Crippen MR) is 76.8 cm³/mol. The van der Waals surface area contributed by atoms with Crippen molar-refractivity contribution in [2.45, 2.75) is 50.0 Å². The van der Waals surface area contributed by atoms with E-state index in [-0.39, 0.29) is 13.0 Å². The first kappa shape index (κ1) is 15.1. The minimum atomic E-state index is -1.38. The Bertz CT molecular complexity index is 579. The van der Waals surface area contributed by atoms with E-state index in [9.17, 15) is 9.59 Å². The van der Waals surface area contributed by atoms with Crippen molar-refractivity contribution in [2.75, 3.05) is 19.8 Å². The van der Waals surface area contributed by atoms with Crippen LogP contribution in [0.3, 0.4) is 0 Å². The van der Waals surface area contributed by atoms with Gasteiger partial charge in [-0.2, -0.15) is 5.06 Å². The lowest BCUT2D eigenvalue weighted by Crippen LogP contribution is -2.57. The average Bonchev–Trinajstić information content (AvgIpc) is 3.14. The molecule has 4 atom stereocenters. The molecule has 0 radical (unpaired) electrons. The van der Waals surface area contributed by atoms with Crippen LogP contribution in [0.5, 0.6) is 0 Å². The van der Waals surface area contributed by atoms with Crippen molar-refractivity contribution >= 4 is 11.9 Å². The van der Waals surface area contributed by atoms with Gasteiger partial charge in [0, 0.05) is 6.54 Å². The van der Waals surface area contributed by atoms with E-state index in [1.165, 1.54) is 0 Å². The molecule has 4 saturated heterocycles. The molecule has 1 spiro atoms. The molecule has 23 heavy (non-hydrogen) atoms. The van der Waals surface area contributed by atoms with Crippen molar-refractivity contribution in [1.29, 1.82) is 0 Å². The molecule has 0 aromatic carbocycles. The van der Waals surface area contributed by atoms with Crippen molar-refractivity contribution in [1.82, 2.24) is 5.06 Å². The Morgan fingerprint density at radius 2 is 2.39 bits per heavy atom. The van der Waals surface area contributed by atoms with Crippen LogP contribution in [0.15, 0.2) is 12.7 Å². The van der Waals surface area contributed by atoms with Gasteiger partial charge in [0.25, 0.3) is 0 Å². The highest BCUT2D eigenvalue weighted by Gasteiger charge is 2.87. The average molecular weight is 323 g/mol. The largest absolute Gasteiger partial charge is 0.466 e. The lowest BCUT2D eigenvalue weighted by molar-refractivity contribution is -0.222. The van der Waals surface area contributed by atoms with E-state index in [0.29, 0.717) is 19.6 Å². The zero-order chi connectivity index (χ0) is 16.3. The number of ether oxygens (including phenoxy) is 3. The van der Waals surface area contributed by atoms with Gasteiger partial charge in [-0.1, -0.05) is 6.08 Å². The third-order valence-corrected chi connectivity index (χ3v) is 5.83. The minimum absolute atomic E-state index is 0.161. The molecule has 4 aliphatic rings. The van der Waals surface area contributed by atoms with Crippen LogP contribution in [0.25, 0.3) is 0 Å². The SMILES string of the molecule is C=CC[C@@]12[C@H]3OC[C@@]14CCCN4O[C@]2(CC(=O)OCC)C(=O)O3. The molecule has 0 aromatic heterocycles. The molecule has 0 aliphatic carbocycles. The van der Waals surface area contributed by atoms with E-state index in [2.05, 4.69) is 6.58 Å². The molecule has 0 unspecified atom stereocenters. The Morgan fingerprint density at radius 3 is 3.13 bits per heavy atom. The zero-order valence-electron chi connectivity index (χ0n) is 13.2. The Hall–Kier alpha value is -1.44. The maximum Gasteiger partial charge on any atom is 0.344 e. The van der Waals surface area contributed by atoms with E-state index in [4.69, 9.17) is 19.0 Å². The minimum Gasteiger partial charge on any atom is -0.466 e. The van der Waals surface area contributed by atoms with Gasteiger partial charge in [-0.15, -0.1) is 6.58 Å². The molecule has 7 nitrogen and oxygen atoms in total. The summed E-state index contributed by atoms with van der Waals surface area (Å²) < 4.78 is 16.4. The second-order valence-electron chi connectivity index (χ2n) is 6.65. The first-order chi connectivity index (χ1) is 11.1. The van der Waals surface area contributed by atoms with E-state index in [1.54, 1.807) is 13.0 Å². The van der Waals surface area contributed by atoms with Gasteiger partial charge in [0.15, 0.2) is 0 Å². The molecular weight excluding hydrogens is 302 g/mol. The maximum atomic E-state index is 12.7. The number of nitrogens with zero attached hydrogens (tertiary/aromatic N) is 1. The maximum absolute atomic E-state index is 12.7. The summed E-state index contributed by atoms with van der Waals surface area (Å²) in [6.45, 7) is 6.99. The van der Waals surface area contributed by atoms with E-state index < -0.39 is 34.8 Å². The van der Waals surface area contributed by atoms with E-state index in [1.807, 2.05) is 5.06 Å². The fourth-order valence-corrected chi connectivity index (χ4v) is 5.02. The summed E-state index contributed by atoms with van der Waals surface area (Å²) in [5.41, 5.74) is -2.57. The van der Waals surface area contributed by atoms with Crippen molar-refractivity contribution in [3.63, 3.8) is 0 Å². The molecular formula is C16H21NO6. The molecule has 4 rings (SSSR count). The summed E-state index contributed by atoms with van der Waals surface area (Å²) in [6.07, 6.45) is 3.18. The molecule has 7 heteroatoms. The number of hydrogen-bond donors (Lipinski definition) is 0. The number of hydroxylamine groups is 2. The van der Waals surface area contributed by atoms with E-state index in [0.717, 1.165) is 12.8 Å². The fraction of sp³-hybridized carbons (Fsp3) is 0.750. The quantitative estimate of drug-likeness (QED) is 0.550. The Labute approximate surface area is 134 Å².